The number of anilines is 1. The number of nitro groups is 2. The molecule has 0 bridgehead atoms. The average molecular weight is 185 g/mol. The van der Waals surface area contributed by atoms with Crippen molar-refractivity contribution in [3.05, 3.63) is 26.4 Å². The van der Waals surface area contributed by atoms with Crippen LogP contribution < -0.4 is 5.73 Å². The van der Waals surface area contributed by atoms with E-state index < -0.39 is 27.3 Å². The molecule has 0 aromatic carbocycles. The SMILES string of the molecule is Nc1ncc([N+](=O)[O-])nc1[N+](=O)[O-]. The van der Waals surface area contributed by atoms with E-state index in [9.17, 15) is 20.2 Å². The third kappa shape index (κ3) is 1.64. The van der Waals surface area contributed by atoms with Gasteiger partial charge in [-0.05, 0) is 9.85 Å². The highest BCUT2D eigenvalue weighted by molar-refractivity contribution is 5.47. The van der Waals surface area contributed by atoms with Crippen molar-refractivity contribution in [1.29, 1.82) is 0 Å². The van der Waals surface area contributed by atoms with Crippen LogP contribution in [0.1, 0.15) is 0 Å². The molecule has 0 amide bonds. The zero-order valence-electron chi connectivity index (χ0n) is 6.08. The summed E-state index contributed by atoms with van der Waals surface area (Å²) < 4.78 is 0. The Morgan fingerprint density at radius 1 is 1.31 bits per heavy atom. The zero-order chi connectivity index (χ0) is 10.0. The van der Waals surface area contributed by atoms with Crippen molar-refractivity contribution in [2.75, 3.05) is 5.73 Å². The lowest BCUT2D eigenvalue weighted by atomic mass is 10.6. The Balaban J connectivity index is 3.27. The van der Waals surface area contributed by atoms with Crippen molar-refractivity contribution in [3.8, 4) is 0 Å². The van der Waals surface area contributed by atoms with E-state index in [0.29, 0.717) is 0 Å². The summed E-state index contributed by atoms with van der Waals surface area (Å²) in [4.78, 5) is 24.8. The molecule has 68 valence electrons. The summed E-state index contributed by atoms with van der Waals surface area (Å²) in [5.41, 5.74) is 5.05. The molecule has 0 atom stereocenters. The summed E-state index contributed by atoms with van der Waals surface area (Å²) in [6.07, 6.45) is 0.752. The van der Waals surface area contributed by atoms with Crippen LogP contribution in [0.4, 0.5) is 17.5 Å². The Morgan fingerprint density at radius 3 is 2.38 bits per heavy atom. The number of aromatic nitrogens is 2. The normalized spacial score (nSPS) is 9.54. The Kier molecular flexibility index (Phi) is 2.00. The molecule has 0 saturated carbocycles. The average Bonchev–Trinajstić information content (AvgIpc) is 2.04. The Morgan fingerprint density at radius 2 is 1.92 bits per heavy atom. The molecule has 0 aliphatic rings. The minimum absolute atomic E-state index is 0.449. The molecule has 0 fully saturated rings. The molecule has 0 unspecified atom stereocenters. The van der Waals surface area contributed by atoms with Gasteiger partial charge in [0.25, 0.3) is 0 Å². The van der Waals surface area contributed by atoms with E-state index in [2.05, 4.69) is 9.97 Å². The Bertz CT molecular complexity index is 377. The summed E-state index contributed by atoms with van der Waals surface area (Å²) in [5.74, 6) is -1.97. The maximum absolute atomic E-state index is 10.2. The van der Waals surface area contributed by atoms with Gasteiger partial charge in [0.15, 0.2) is 0 Å². The van der Waals surface area contributed by atoms with E-state index in [4.69, 9.17) is 5.73 Å². The van der Waals surface area contributed by atoms with Crippen LogP contribution in [-0.2, 0) is 0 Å². The van der Waals surface area contributed by atoms with Crippen LogP contribution in [0.15, 0.2) is 6.20 Å². The van der Waals surface area contributed by atoms with Crippen LogP contribution in [0.25, 0.3) is 0 Å². The van der Waals surface area contributed by atoms with Crippen molar-refractivity contribution in [2.45, 2.75) is 0 Å². The number of hydrogen-bond acceptors (Lipinski definition) is 7. The van der Waals surface area contributed by atoms with Crippen molar-refractivity contribution in [2.24, 2.45) is 0 Å². The topological polar surface area (TPSA) is 138 Å². The molecular weight excluding hydrogens is 182 g/mol. The van der Waals surface area contributed by atoms with Gasteiger partial charge in [-0.25, -0.2) is 4.98 Å². The van der Waals surface area contributed by atoms with Gasteiger partial charge >= 0.3 is 11.6 Å². The molecular formula is C4H3N5O4. The third-order valence-electron chi connectivity index (χ3n) is 1.13. The molecule has 0 aliphatic carbocycles. The molecule has 1 heterocycles. The Labute approximate surface area is 70.5 Å². The highest BCUT2D eigenvalue weighted by Crippen LogP contribution is 2.17. The van der Waals surface area contributed by atoms with E-state index in [1.54, 1.807) is 0 Å². The van der Waals surface area contributed by atoms with E-state index in [0.717, 1.165) is 6.20 Å². The standard InChI is InChI=1S/C4H3N5O4/c5-3-4(9(12)13)7-2(1-6-3)8(10)11/h1H,(H2,5,6). The van der Waals surface area contributed by atoms with Gasteiger partial charge < -0.3 is 26.0 Å². The van der Waals surface area contributed by atoms with Crippen molar-refractivity contribution in [3.63, 3.8) is 0 Å². The first kappa shape index (κ1) is 8.77. The second-order valence-electron chi connectivity index (χ2n) is 1.95. The lowest BCUT2D eigenvalue weighted by Crippen LogP contribution is -2.03. The molecule has 0 aliphatic heterocycles. The van der Waals surface area contributed by atoms with Gasteiger partial charge in [0.05, 0.1) is 0 Å². The molecule has 13 heavy (non-hydrogen) atoms. The molecule has 0 saturated heterocycles. The highest BCUT2D eigenvalue weighted by atomic mass is 16.6. The number of rotatable bonds is 2. The third-order valence-corrected chi connectivity index (χ3v) is 1.13. The maximum Gasteiger partial charge on any atom is 0.410 e. The number of nitrogens with zero attached hydrogens (tertiary/aromatic N) is 4. The smallest absolute Gasteiger partial charge is 0.377 e. The van der Waals surface area contributed by atoms with Gasteiger partial charge in [0.1, 0.15) is 6.20 Å². The highest BCUT2D eigenvalue weighted by Gasteiger charge is 2.19. The van der Waals surface area contributed by atoms with Crippen LogP contribution in [0.2, 0.25) is 0 Å². The summed E-state index contributed by atoms with van der Waals surface area (Å²) in [6.45, 7) is 0. The predicted octanol–water partition coefficient (Wildman–Crippen LogP) is -0.125. The first-order valence-corrected chi connectivity index (χ1v) is 2.93. The summed E-state index contributed by atoms with van der Waals surface area (Å²) >= 11 is 0. The van der Waals surface area contributed by atoms with Gasteiger partial charge in [-0.15, -0.1) is 0 Å². The fourth-order valence-electron chi connectivity index (χ4n) is 0.602. The molecule has 9 nitrogen and oxygen atoms in total. The van der Waals surface area contributed by atoms with Crippen LogP contribution in [0.5, 0.6) is 0 Å². The van der Waals surface area contributed by atoms with Crippen molar-refractivity contribution in [1.82, 2.24) is 9.97 Å². The largest absolute Gasteiger partial charge is 0.410 e. The lowest BCUT2D eigenvalue weighted by Gasteiger charge is -1.95. The second kappa shape index (κ2) is 2.97. The quantitative estimate of drug-likeness (QED) is 0.500. The Hall–Kier alpha value is -2.32. The minimum Gasteiger partial charge on any atom is -0.377 e. The molecule has 0 radical (unpaired) electrons. The maximum atomic E-state index is 10.2. The monoisotopic (exact) mass is 185 g/mol. The van der Waals surface area contributed by atoms with Crippen molar-refractivity contribution < 1.29 is 9.85 Å². The number of nitrogen functional groups attached to an aromatic ring is 1. The molecule has 2 N–H and O–H groups in total. The van der Waals surface area contributed by atoms with E-state index in [-0.39, 0.29) is 0 Å². The van der Waals surface area contributed by atoms with Gasteiger partial charge in [0, 0.05) is 4.98 Å². The molecule has 1 aromatic heterocycles. The minimum atomic E-state index is -0.935. The molecule has 0 spiro atoms. The van der Waals surface area contributed by atoms with Crippen LogP contribution in [-0.4, -0.2) is 19.8 Å². The summed E-state index contributed by atoms with van der Waals surface area (Å²) in [5, 5.41) is 20.3. The van der Waals surface area contributed by atoms with Gasteiger partial charge in [-0.3, -0.25) is 0 Å². The fourth-order valence-corrected chi connectivity index (χ4v) is 0.602. The van der Waals surface area contributed by atoms with E-state index in [1.807, 2.05) is 0 Å². The number of hydrogen-bond donors (Lipinski definition) is 1. The van der Waals surface area contributed by atoms with Crippen molar-refractivity contribution >= 4 is 17.5 Å². The lowest BCUT2D eigenvalue weighted by molar-refractivity contribution is -0.403. The number of nitrogens with two attached hydrogens (primary N) is 1. The molecule has 1 aromatic rings. The summed E-state index contributed by atoms with van der Waals surface area (Å²) in [7, 11) is 0. The molecule has 1 rings (SSSR count). The van der Waals surface area contributed by atoms with Gasteiger partial charge in [-0.1, -0.05) is 0 Å². The van der Waals surface area contributed by atoms with E-state index in [1.165, 1.54) is 0 Å². The summed E-state index contributed by atoms with van der Waals surface area (Å²) in [6, 6.07) is 0. The van der Waals surface area contributed by atoms with E-state index >= 15 is 0 Å². The first-order chi connectivity index (χ1) is 6.02. The second-order valence-corrected chi connectivity index (χ2v) is 1.95. The zero-order valence-corrected chi connectivity index (χ0v) is 6.08. The van der Waals surface area contributed by atoms with Crippen LogP contribution in [0.3, 0.4) is 0 Å². The van der Waals surface area contributed by atoms with Crippen LogP contribution in [0, 0.1) is 20.2 Å². The molecule has 9 heteroatoms. The van der Waals surface area contributed by atoms with Gasteiger partial charge in [0.2, 0.25) is 5.82 Å². The van der Waals surface area contributed by atoms with Gasteiger partial charge in [-0.2, -0.15) is 0 Å². The van der Waals surface area contributed by atoms with Crippen LogP contribution >= 0.6 is 0 Å². The predicted molar refractivity (Wildman–Crippen MR) is 39.8 cm³/mol. The first-order valence-electron chi connectivity index (χ1n) is 2.93. The fraction of sp³-hybridized carbons (Fsp3) is 0.